The summed E-state index contributed by atoms with van der Waals surface area (Å²) in [5.74, 6) is -0.426. The van der Waals surface area contributed by atoms with E-state index < -0.39 is 0 Å². The van der Waals surface area contributed by atoms with Crippen molar-refractivity contribution in [3.05, 3.63) is 36.3 Å². The van der Waals surface area contributed by atoms with Crippen LogP contribution in [0.5, 0.6) is 5.88 Å². The lowest BCUT2D eigenvalue weighted by Gasteiger charge is -2.05. The minimum absolute atomic E-state index is 0.102. The van der Waals surface area contributed by atoms with Gasteiger partial charge in [-0.2, -0.15) is 4.98 Å². The van der Waals surface area contributed by atoms with Gasteiger partial charge in [-0.1, -0.05) is 0 Å². The second-order valence-electron chi connectivity index (χ2n) is 3.10. The standard InChI is InChI=1S/C10H9FN4O/c11-6-1-3-7(4-2-6)14-10-13-5-8(12)9(16)15-10/h1-5H,12H2,(H2,13,14,15,16). The van der Waals surface area contributed by atoms with Gasteiger partial charge >= 0.3 is 0 Å². The number of hydrogen-bond donors (Lipinski definition) is 3. The van der Waals surface area contributed by atoms with Gasteiger partial charge < -0.3 is 16.2 Å². The van der Waals surface area contributed by atoms with E-state index in [0.29, 0.717) is 5.69 Å². The van der Waals surface area contributed by atoms with E-state index in [1.807, 2.05) is 0 Å². The van der Waals surface area contributed by atoms with Gasteiger partial charge in [-0.25, -0.2) is 9.37 Å². The molecule has 5 nitrogen and oxygen atoms in total. The number of aromatic hydroxyl groups is 1. The number of anilines is 3. The Hall–Kier alpha value is -2.37. The first-order chi connectivity index (χ1) is 7.65. The number of nitrogens with one attached hydrogen (secondary N) is 1. The average Bonchev–Trinajstić information content (AvgIpc) is 2.27. The monoisotopic (exact) mass is 220 g/mol. The second-order valence-corrected chi connectivity index (χ2v) is 3.10. The van der Waals surface area contributed by atoms with E-state index in [1.54, 1.807) is 0 Å². The number of nitrogen functional groups attached to an aromatic ring is 1. The molecule has 2 aromatic rings. The highest BCUT2D eigenvalue weighted by atomic mass is 19.1. The fraction of sp³-hybridized carbons (Fsp3) is 0. The largest absolute Gasteiger partial charge is 0.492 e. The summed E-state index contributed by atoms with van der Waals surface area (Å²) in [5, 5.41) is 12.0. The van der Waals surface area contributed by atoms with Gasteiger partial charge in [0.15, 0.2) is 0 Å². The lowest BCUT2D eigenvalue weighted by molar-refractivity contribution is 0.456. The van der Waals surface area contributed by atoms with Gasteiger partial charge in [0.25, 0.3) is 0 Å². The molecule has 0 bridgehead atoms. The Kier molecular flexibility index (Phi) is 2.55. The van der Waals surface area contributed by atoms with Crippen LogP contribution in [0, 0.1) is 5.82 Å². The maximum absolute atomic E-state index is 12.6. The van der Waals surface area contributed by atoms with E-state index in [2.05, 4.69) is 15.3 Å². The minimum Gasteiger partial charge on any atom is -0.492 e. The molecule has 0 aliphatic carbocycles. The van der Waals surface area contributed by atoms with Crippen LogP contribution < -0.4 is 11.1 Å². The molecule has 2 rings (SSSR count). The molecule has 0 aliphatic heterocycles. The SMILES string of the molecule is Nc1cnc(Nc2ccc(F)cc2)nc1O. The van der Waals surface area contributed by atoms with Crippen LogP contribution in [0.2, 0.25) is 0 Å². The maximum atomic E-state index is 12.6. The highest BCUT2D eigenvalue weighted by Crippen LogP contribution is 2.19. The van der Waals surface area contributed by atoms with Crippen LogP contribution in [0.15, 0.2) is 30.5 Å². The number of hydrogen-bond acceptors (Lipinski definition) is 5. The Bertz CT molecular complexity index is 501. The summed E-state index contributed by atoms with van der Waals surface area (Å²) in [4.78, 5) is 7.56. The predicted octanol–water partition coefficient (Wildman–Crippen LogP) is 1.65. The lowest BCUT2D eigenvalue weighted by atomic mass is 10.3. The summed E-state index contributed by atoms with van der Waals surface area (Å²) in [6.45, 7) is 0. The Morgan fingerprint density at radius 1 is 1.25 bits per heavy atom. The van der Waals surface area contributed by atoms with Gasteiger partial charge in [0.1, 0.15) is 11.5 Å². The third-order valence-electron chi connectivity index (χ3n) is 1.90. The molecule has 0 atom stereocenters. The first-order valence-electron chi connectivity index (χ1n) is 4.49. The minimum atomic E-state index is -0.327. The first-order valence-corrected chi connectivity index (χ1v) is 4.49. The van der Waals surface area contributed by atoms with Crippen molar-refractivity contribution in [2.45, 2.75) is 0 Å². The molecule has 0 radical (unpaired) electrons. The maximum Gasteiger partial charge on any atom is 0.239 e. The van der Waals surface area contributed by atoms with Crippen LogP contribution in [-0.4, -0.2) is 15.1 Å². The van der Waals surface area contributed by atoms with Crippen molar-refractivity contribution in [3.8, 4) is 5.88 Å². The van der Waals surface area contributed by atoms with Crippen molar-refractivity contribution < 1.29 is 9.50 Å². The number of aromatic nitrogens is 2. The number of halogens is 1. The highest BCUT2D eigenvalue weighted by Gasteiger charge is 2.02. The summed E-state index contributed by atoms with van der Waals surface area (Å²) < 4.78 is 12.6. The molecule has 16 heavy (non-hydrogen) atoms. The molecule has 0 aliphatic rings. The fourth-order valence-electron chi connectivity index (χ4n) is 1.10. The molecule has 0 spiro atoms. The summed E-state index contributed by atoms with van der Waals surface area (Å²) in [6, 6.07) is 5.68. The first kappa shape index (κ1) is 10.2. The van der Waals surface area contributed by atoms with Crippen molar-refractivity contribution in [3.63, 3.8) is 0 Å². The van der Waals surface area contributed by atoms with Gasteiger partial charge in [-0.05, 0) is 24.3 Å². The van der Waals surface area contributed by atoms with Gasteiger partial charge in [0, 0.05) is 5.69 Å². The van der Waals surface area contributed by atoms with Crippen LogP contribution in [0.1, 0.15) is 0 Å². The summed E-state index contributed by atoms with van der Waals surface area (Å²) in [7, 11) is 0. The molecule has 0 unspecified atom stereocenters. The van der Waals surface area contributed by atoms with Crippen LogP contribution in [0.3, 0.4) is 0 Å². The highest BCUT2D eigenvalue weighted by molar-refractivity contribution is 5.55. The number of nitrogens with zero attached hydrogens (tertiary/aromatic N) is 2. The molecule has 1 heterocycles. The molecule has 0 fully saturated rings. The molecule has 0 saturated heterocycles. The molecule has 82 valence electrons. The van der Waals surface area contributed by atoms with Crippen LogP contribution in [0.25, 0.3) is 0 Å². The Balaban J connectivity index is 2.20. The summed E-state index contributed by atoms with van der Waals surface area (Å²) in [5.41, 5.74) is 6.07. The Morgan fingerprint density at radius 2 is 1.94 bits per heavy atom. The third-order valence-corrected chi connectivity index (χ3v) is 1.90. The van der Waals surface area contributed by atoms with E-state index in [-0.39, 0.29) is 23.3 Å². The summed E-state index contributed by atoms with van der Waals surface area (Å²) in [6.07, 6.45) is 1.29. The number of nitrogens with two attached hydrogens (primary N) is 1. The molecule has 0 saturated carbocycles. The zero-order valence-electron chi connectivity index (χ0n) is 8.18. The van der Waals surface area contributed by atoms with Crippen molar-refractivity contribution >= 4 is 17.3 Å². The van der Waals surface area contributed by atoms with Crippen LogP contribution >= 0.6 is 0 Å². The smallest absolute Gasteiger partial charge is 0.239 e. The van der Waals surface area contributed by atoms with Crippen molar-refractivity contribution in [2.75, 3.05) is 11.1 Å². The average molecular weight is 220 g/mol. The van der Waals surface area contributed by atoms with Gasteiger partial charge in [-0.15, -0.1) is 0 Å². The quantitative estimate of drug-likeness (QED) is 0.716. The Labute approximate surface area is 90.8 Å². The molecule has 1 aromatic heterocycles. The summed E-state index contributed by atoms with van der Waals surface area (Å²) >= 11 is 0. The number of benzene rings is 1. The molecule has 1 aromatic carbocycles. The van der Waals surface area contributed by atoms with E-state index in [4.69, 9.17) is 5.73 Å². The Morgan fingerprint density at radius 3 is 2.56 bits per heavy atom. The van der Waals surface area contributed by atoms with E-state index >= 15 is 0 Å². The van der Waals surface area contributed by atoms with Gasteiger partial charge in [0.05, 0.1) is 6.20 Å². The second kappa shape index (κ2) is 4.01. The van der Waals surface area contributed by atoms with Crippen molar-refractivity contribution in [2.24, 2.45) is 0 Å². The van der Waals surface area contributed by atoms with E-state index in [9.17, 15) is 9.50 Å². The van der Waals surface area contributed by atoms with E-state index in [1.165, 1.54) is 30.5 Å². The lowest BCUT2D eigenvalue weighted by Crippen LogP contribution is -1.98. The third kappa shape index (κ3) is 2.17. The molecular formula is C10H9FN4O. The zero-order valence-corrected chi connectivity index (χ0v) is 8.18. The van der Waals surface area contributed by atoms with Crippen molar-refractivity contribution in [1.29, 1.82) is 0 Å². The molecular weight excluding hydrogens is 211 g/mol. The van der Waals surface area contributed by atoms with Crippen LogP contribution in [0.4, 0.5) is 21.7 Å². The van der Waals surface area contributed by atoms with Gasteiger partial charge in [-0.3, -0.25) is 0 Å². The molecule has 4 N–H and O–H groups in total. The van der Waals surface area contributed by atoms with Crippen LogP contribution in [-0.2, 0) is 0 Å². The van der Waals surface area contributed by atoms with E-state index in [0.717, 1.165) is 0 Å². The predicted molar refractivity (Wildman–Crippen MR) is 57.8 cm³/mol. The molecule has 6 heteroatoms. The number of rotatable bonds is 2. The zero-order chi connectivity index (χ0) is 11.5. The fourth-order valence-corrected chi connectivity index (χ4v) is 1.10. The molecule has 0 amide bonds. The van der Waals surface area contributed by atoms with Gasteiger partial charge in [0.2, 0.25) is 11.8 Å². The normalized spacial score (nSPS) is 10.1. The van der Waals surface area contributed by atoms with Crippen molar-refractivity contribution in [1.82, 2.24) is 9.97 Å². The topological polar surface area (TPSA) is 84.1 Å².